The molecule has 1 aliphatic heterocycles. The Labute approximate surface area is 261 Å². The van der Waals surface area contributed by atoms with Gasteiger partial charge in [0, 0.05) is 31.4 Å². The molecule has 43 heavy (non-hydrogen) atoms. The van der Waals surface area contributed by atoms with Crippen LogP contribution >= 0.6 is 11.6 Å². The summed E-state index contributed by atoms with van der Waals surface area (Å²) >= 11 is 6.46. The van der Waals surface area contributed by atoms with E-state index in [9.17, 15) is 13.9 Å². The Hall–Kier alpha value is -2.55. The van der Waals surface area contributed by atoms with Crippen molar-refractivity contribution in [2.45, 2.75) is 98.2 Å². The largest absolute Gasteiger partial charge is 0.491 e. The number of rotatable bonds is 9. The molecule has 1 aliphatic rings. The van der Waals surface area contributed by atoms with Gasteiger partial charge in [-0.15, -0.1) is 0 Å². The second-order valence-corrected chi connectivity index (χ2v) is 10.4. The molecule has 1 heterocycles. The second kappa shape index (κ2) is 19.7. The molecule has 8 heteroatoms. The van der Waals surface area contributed by atoms with Gasteiger partial charge in [-0.25, -0.2) is 4.39 Å². The summed E-state index contributed by atoms with van der Waals surface area (Å²) in [5.41, 5.74) is 1.68. The molecule has 3 aromatic rings. The summed E-state index contributed by atoms with van der Waals surface area (Å²) in [5, 5.41) is 18.2. The quantitative estimate of drug-likeness (QED) is 0.249. The van der Waals surface area contributed by atoms with Gasteiger partial charge >= 0.3 is 0 Å². The first-order valence-corrected chi connectivity index (χ1v) is 15.4. The molecule has 3 aromatic carbocycles. The monoisotopic (exact) mass is 622 g/mol. The van der Waals surface area contributed by atoms with Gasteiger partial charge in [0.05, 0.1) is 37.1 Å². The highest BCUT2D eigenvalue weighted by Crippen LogP contribution is 2.38. The first kappa shape index (κ1) is 38.5. The fourth-order valence-corrected chi connectivity index (χ4v) is 4.77. The van der Waals surface area contributed by atoms with E-state index in [1.165, 1.54) is 12.1 Å². The molecular weight excluding hydrogens is 574 g/mol. The lowest BCUT2D eigenvalue weighted by atomic mass is 9.88. The van der Waals surface area contributed by atoms with E-state index in [-0.39, 0.29) is 36.5 Å². The normalized spacial score (nSPS) is 17.7. The van der Waals surface area contributed by atoms with Crippen molar-refractivity contribution in [3.8, 4) is 5.75 Å². The maximum absolute atomic E-state index is 14.7. The molecule has 3 atom stereocenters. The lowest BCUT2D eigenvalue weighted by Gasteiger charge is -2.41. The summed E-state index contributed by atoms with van der Waals surface area (Å²) in [6.07, 6.45) is 0.327. The summed E-state index contributed by atoms with van der Waals surface area (Å²) in [4.78, 5) is 0. The highest BCUT2D eigenvalue weighted by Gasteiger charge is 2.38. The maximum Gasteiger partial charge on any atom is 0.200 e. The minimum atomic E-state index is -1.06. The van der Waals surface area contributed by atoms with E-state index in [0.29, 0.717) is 30.0 Å². The van der Waals surface area contributed by atoms with Crippen LogP contribution in [0.1, 0.15) is 89.7 Å². The van der Waals surface area contributed by atoms with Gasteiger partial charge in [-0.05, 0) is 55.2 Å². The number of ether oxygens (including phenoxy) is 3. The molecule has 2 N–H and O–H groups in total. The zero-order chi connectivity index (χ0) is 32.6. The molecule has 5 nitrogen and oxygen atoms in total. The maximum atomic E-state index is 14.7. The molecule has 0 radical (unpaired) electrons. The van der Waals surface area contributed by atoms with E-state index < -0.39 is 23.3 Å². The van der Waals surface area contributed by atoms with E-state index in [4.69, 9.17) is 30.9 Å². The van der Waals surface area contributed by atoms with Crippen molar-refractivity contribution >= 4 is 11.6 Å². The molecule has 240 valence electrons. The van der Waals surface area contributed by atoms with Gasteiger partial charge in [-0.3, -0.25) is 0 Å². The Bertz CT molecular complexity index is 1200. The summed E-state index contributed by atoms with van der Waals surface area (Å²) in [7, 11) is 1.00. The van der Waals surface area contributed by atoms with Crippen molar-refractivity contribution in [1.29, 1.82) is 0 Å². The van der Waals surface area contributed by atoms with E-state index in [2.05, 4.69) is 0 Å². The van der Waals surface area contributed by atoms with E-state index in [0.717, 1.165) is 18.2 Å². The van der Waals surface area contributed by atoms with E-state index in [1.807, 2.05) is 70.2 Å². The van der Waals surface area contributed by atoms with Crippen LogP contribution in [-0.2, 0) is 22.5 Å². The van der Waals surface area contributed by atoms with Gasteiger partial charge in [-0.1, -0.05) is 87.8 Å². The van der Waals surface area contributed by atoms with Gasteiger partial charge in [0.2, 0.25) is 5.82 Å². The third-order valence-corrected chi connectivity index (χ3v) is 7.02. The number of halogens is 3. The van der Waals surface area contributed by atoms with Crippen molar-refractivity contribution in [2.24, 2.45) is 0 Å². The third kappa shape index (κ3) is 11.5. The first-order chi connectivity index (χ1) is 20.7. The van der Waals surface area contributed by atoms with Crippen LogP contribution in [0.15, 0.2) is 60.7 Å². The van der Waals surface area contributed by atoms with E-state index in [1.54, 1.807) is 26.8 Å². The Balaban J connectivity index is 0.00000145. The minimum Gasteiger partial charge on any atom is -0.491 e. The molecular formula is C35H49ClF2O5. The summed E-state index contributed by atoms with van der Waals surface area (Å²) in [6, 6.07) is 18.4. The number of hydrogen-bond acceptors (Lipinski definition) is 5. The van der Waals surface area contributed by atoms with Crippen molar-refractivity contribution in [3.63, 3.8) is 0 Å². The van der Waals surface area contributed by atoms with Crippen LogP contribution in [0.2, 0.25) is 5.02 Å². The molecule has 2 unspecified atom stereocenters. The topological polar surface area (TPSA) is 68.2 Å². The minimum absolute atomic E-state index is 0.109. The van der Waals surface area contributed by atoms with Gasteiger partial charge < -0.3 is 24.4 Å². The van der Waals surface area contributed by atoms with Gasteiger partial charge in [0.15, 0.2) is 11.6 Å². The van der Waals surface area contributed by atoms with Crippen molar-refractivity contribution in [3.05, 3.63) is 99.6 Å². The highest BCUT2D eigenvalue weighted by atomic mass is 35.5. The standard InChI is InChI=1S/C30H33ClF2O4.2C2H6.CH4O/c1-4-35-25-13-11-21(28(32)29(25)33)15-22-14-20(10-12-24(22)31)26-16-23(17-27(37-26)30(2,3)34)36-18-19-8-6-5-7-9-19;3*1-2/h5-14,23,26-27,34H,4,15-18H2,1-3H3;2*1-2H3;2H,1H3/t23?,26-,27?;;;/m1.../s1. The zero-order valence-electron chi connectivity index (χ0n) is 26.8. The Morgan fingerprint density at radius 1 is 0.907 bits per heavy atom. The molecule has 0 spiro atoms. The summed E-state index contributed by atoms with van der Waals surface area (Å²) < 4.78 is 46.9. The van der Waals surface area contributed by atoms with Gasteiger partial charge in [-0.2, -0.15) is 4.39 Å². The van der Waals surface area contributed by atoms with Crippen LogP contribution in [-0.4, -0.2) is 41.7 Å². The predicted molar refractivity (Wildman–Crippen MR) is 171 cm³/mol. The van der Waals surface area contributed by atoms with Gasteiger partial charge in [0.25, 0.3) is 0 Å². The third-order valence-electron chi connectivity index (χ3n) is 6.65. The van der Waals surface area contributed by atoms with Crippen molar-refractivity contribution in [1.82, 2.24) is 0 Å². The Morgan fingerprint density at radius 2 is 1.56 bits per heavy atom. The van der Waals surface area contributed by atoms with E-state index >= 15 is 0 Å². The number of aliphatic hydroxyl groups excluding tert-OH is 1. The predicted octanol–water partition coefficient (Wildman–Crippen LogP) is 8.85. The van der Waals surface area contributed by atoms with Crippen LogP contribution in [0.4, 0.5) is 8.78 Å². The van der Waals surface area contributed by atoms with Crippen LogP contribution in [0.3, 0.4) is 0 Å². The molecule has 4 rings (SSSR count). The fourth-order valence-electron chi connectivity index (χ4n) is 4.59. The molecule has 0 amide bonds. The lowest BCUT2D eigenvalue weighted by Crippen LogP contribution is -2.45. The van der Waals surface area contributed by atoms with Crippen LogP contribution in [0.25, 0.3) is 0 Å². The Kier molecular flexibility index (Phi) is 17.6. The highest BCUT2D eigenvalue weighted by molar-refractivity contribution is 6.31. The second-order valence-electron chi connectivity index (χ2n) is 9.97. The number of aliphatic hydroxyl groups is 2. The average Bonchev–Trinajstić information content (AvgIpc) is 3.03. The summed E-state index contributed by atoms with van der Waals surface area (Å²) in [6.45, 7) is 13.9. The Morgan fingerprint density at radius 3 is 2.16 bits per heavy atom. The SMILES string of the molecule is CC.CC.CCOc1ccc(Cc2cc([C@H]3CC(OCc4ccccc4)CC(C(C)(C)O)O3)ccc2Cl)c(F)c1F.CO. The molecule has 0 bridgehead atoms. The zero-order valence-corrected chi connectivity index (χ0v) is 27.6. The average molecular weight is 623 g/mol. The van der Waals surface area contributed by atoms with Crippen LogP contribution in [0, 0.1) is 11.6 Å². The summed E-state index contributed by atoms with van der Waals surface area (Å²) in [5.74, 6) is -2.06. The molecule has 0 aliphatic carbocycles. The van der Waals surface area contributed by atoms with Crippen LogP contribution in [0.5, 0.6) is 5.75 Å². The molecule has 1 saturated heterocycles. The van der Waals surface area contributed by atoms with Crippen LogP contribution < -0.4 is 4.74 Å². The molecule has 0 aromatic heterocycles. The van der Waals surface area contributed by atoms with Crippen molar-refractivity contribution in [2.75, 3.05) is 13.7 Å². The first-order valence-electron chi connectivity index (χ1n) is 15.0. The number of hydrogen-bond donors (Lipinski definition) is 2. The van der Waals surface area contributed by atoms with Crippen molar-refractivity contribution < 1.29 is 33.2 Å². The smallest absolute Gasteiger partial charge is 0.200 e. The fraction of sp³-hybridized carbons (Fsp3) is 0.486. The lowest BCUT2D eigenvalue weighted by molar-refractivity contribution is -0.179. The molecule has 1 fully saturated rings. The number of benzene rings is 3. The van der Waals surface area contributed by atoms with Gasteiger partial charge in [0.1, 0.15) is 0 Å². The molecule has 0 saturated carbocycles.